The summed E-state index contributed by atoms with van der Waals surface area (Å²) < 4.78 is 38.8. The van der Waals surface area contributed by atoms with Gasteiger partial charge in [-0.25, -0.2) is 12.8 Å². The van der Waals surface area contributed by atoms with Gasteiger partial charge in [-0.05, 0) is 30.2 Å². The molecule has 0 aromatic heterocycles. The second-order valence-corrected chi connectivity index (χ2v) is 5.99. The van der Waals surface area contributed by atoms with Crippen LogP contribution in [0.3, 0.4) is 0 Å². The molecular formula is C12H16FNO4S. The Labute approximate surface area is 111 Å². The second kappa shape index (κ2) is 6.12. The van der Waals surface area contributed by atoms with Crippen molar-refractivity contribution < 1.29 is 22.7 Å². The molecule has 0 aliphatic heterocycles. The van der Waals surface area contributed by atoms with Crippen LogP contribution in [0.1, 0.15) is 20.3 Å². The summed E-state index contributed by atoms with van der Waals surface area (Å²) in [6.45, 7) is 3.42. The fourth-order valence-corrected chi connectivity index (χ4v) is 2.79. The van der Waals surface area contributed by atoms with Gasteiger partial charge < -0.3 is 5.11 Å². The summed E-state index contributed by atoms with van der Waals surface area (Å²) in [4.78, 5) is 10.9. The summed E-state index contributed by atoms with van der Waals surface area (Å²) in [6, 6.07) is 2.99. The molecule has 0 spiro atoms. The smallest absolute Gasteiger partial charge is 0.322 e. The van der Waals surface area contributed by atoms with Gasteiger partial charge in [-0.2, -0.15) is 4.72 Å². The van der Waals surface area contributed by atoms with Gasteiger partial charge in [-0.1, -0.05) is 20.3 Å². The van der Waals surface area contributed by atoms with Crippen LogP contribution in [0, 0.1) is 11.7 Å². The van der Waals surface area contributed by atoms with E-state index < -0.39 is 27.9 Å². The van der Waals surface area contributed by atoms with Gasteiger partial charge in [0.1, 0.15) is 11.9 Å². The monoisotopic (exact) mass is 289 g/mol. The first-order valence-corrected chi connectivity index (χ1v) is 7.27. The van der Waals surface area contributed by atoms with Crippen LogP contribution in [0.4, 0.5) is 4.39 Å². The molecule has 0 aliphatic carbocycles. The molecule has 0 bridgehead atoms. The molecule has 0 aliphatic rings. The Morgan fingerprint density at radius 2 is 1.89 bits per heavy atom. The number of benzene rings is 1. The minimum absolute atomic E-state index is 0.163. The number of hydrogen-bond acceptors (Lipinski definition) is 3. The molecule has 0 unspecified atom stereocenters. The molecule has 106 valence electrons. The molecule has 19 heavy (non-hydrogen) atoms. The van der Waals surface area contributed by atoms with E-state index in [0.717, 1.165) is 24.3 Å². The van der Waals surface area contributed by atoms with Crippen molar-refractivity contribution in [1.29, 1.82) is 0 Å². The maximum absolute atomic E-state index is 12.7. The van der Waals surface area contributed by atoms with Gasteiger partial charge in [0.25, 0.3) is 0 Å². The van der Waals surface area contributed by atoms with Crippen molar-refractivity contribution in [3.63, 3.8) is 0 Å². The summed E-state index contributed by atoms with van der Waals surface area (Å²) in [5, 5.41) is 9.04. The van der Waals surface area contributed by atoms with Crippen LogP contribution < -0.4 is 4.72 Å². The minimum Gasteiger partial charge on any atom is -0.480 e. The molecule has 1 aromatic rings. The molecule has 2 N–H and O–H groups in total. The highest BCUT2D eigenvalue weighted by atomic mass is 32.2. The largest absolute Gasteiger partial charge is 0.480 e. The Hall–Kier alpha value is -1.47. The number of aliphatic carboxylic acids is 1. The van der Waals surface area contributed by atoms with Crippen molar-refractivity contribution in [2.75, 3.05) is 0 Å². The topological polar surface area (TPSA) is 83.5 Å². The van der Waals surface area contributed by atoms with Gasteiger partial charge in [0.05, 0.1) is 4.90 Å². The molecule has 1 rings (SSSR count). The summed E-state index contributed by atoms with van der Waals surface area (Å²) in [5.74, 6) is -2.15. The van der Waals surface area contributed by atoms with Gasteiger partial charge in [-0.3, -0.25) is 4.79 Å². The molecule has 0 heterocycles. The first-order chi connectivity index (χ1) is 8.77. The highest BCUT2D eigenvalue weighted by Crippen LogP contribution is 2.14. The fourth-order valence-electron chi connectivity index (χ4n) is 1.49. The molecule has 2 atom stereocenters. The number of carboxylic acid groups (broad SMARTS) is 1. The first-order valence-electron chi connectivity index (χ1n) is 5.78. The number of sulfonamides is 1. The van der Waals surface area contributed by atoms with Crippen LogP contribution in [0.15, 0.2) is 29.2 Å². The van der Waals surface area contributed by atoms with E-state index in [1.165, 1.54) is 0 Å². The zero-order chi connectivity index (χ0) is 14.6. The third kappa shape index (κ3) is 4.00. The standard InChI is InChI=1S/C12H16FNO4S/c1-3-8(2)11(12(15)16)14-19(17,18)10-6-4-9(13)5-7-10/h4-8,11,14H,3H2,1-2H3,(H,15,16)/t8-,11+/m0/s1. The van der Waals surface area contributed by atoms with Gasteiger partial charge in [0, 0.05) is 0 Å². The SMILES string of the molecule is CC[C@H](C)[C@@H](NS(=O)(=O)c1ccc(F)cc1)C(=O)O. The number of carboxylic acids is 1. The lowest BCUT2D eigenvalue weighted by molar-refractivity contribution is -0.140. The van der Waals surface area contributed by atoms with E-state index in [4.69, 9.17) is 5.11 Å². The Kier molecular flexibility index (Phi) is 5.02. The average Bonchev–Trinajstić information content (AvgIpc) is 2.35. The van der Waals surface area contributed by atoms with Gasteiger partial charge in [-0.15, -0.1) is 0 Å². The van der Waals surface area contributed by atoms with Crippen LogP contribution in [-0.4, -0.2) is 25.5 Å². The Morgan fingerprint density at radius 1 is 1.37 bits per heavy atom. The highest BCUT2D eigenvalue weighted by Gasteiger charge is 2.29. The fraction of sp³-hybridized carbons (Fsp3) is 0.417. The van der Waals surface area contributed by atoms with Crippen LogP contribution in [0.2, 0.25) is 0 Å². The van der Waals surface area contributed by atoms with Crippen LogP contribution >= 0.6 is 0 Å². The highest BCUT2D eigenvalue weighted by molar-refractivity contribution is 7.89. The summed E-state index contributed by atoms with van der Waals surface area (Å²) in [6.07, 6.45) is 0.517. The molecule has 0 saturated carbocycles. The Bertz CT molecular complexity index is 541. The Balaban J connectivity index is 3.00. The molecule has 5 nitrogen and oxygen atoms in total. The van der Waals surface area contributed by atoms with Crippen molar-refractivity contribution in [3.8, 4) is 0 Å². The molecule has 1 aromatic carbocycles. The maximum Gasteiger partial charge on any atom is 0.322 e. The number of rotatable bonds is 6. The van der Waals surface area contributed by atoms with E-state index >= 15 is 0 Å². The van der Waals surface area contributed by atoms with Gasteiger partial charge in [0.2, 0.25) is 10.0 Å². The number of halogens is 1. The lowest BCUT2D eigenvalue weighted by Crippen LogP contribution is -2.44. The van der Waals surface area contributed by atoms with Crippen molar-refractivity contribution in [1.82, 2.24) is 4.72 Å². The number of carbonyl (C=O) groups is 1. The molecule has 0 radical (unpaired) electrons. The molecule has 7 heteroatoms. The van der Waals surface area contributed by atoms with Crippen LogP contribution in [-0.2, 0) is 14.8 Å². The Morgan fingerprint density at radius 3 is 2.32 bits per heavy atom. The lowest BCUT2D eigenvalue weighted by atomic mass is 10.0. The zero-order valence-corrected chi connectivity index (χ0v) is 11.4. The van der Waals surface area contributed by atoms with Crippen LogP contribution in [0.25, 0.3) is 0 Å². The third-order valence-corrected chi connectivity index (χ3v) is 4.34. The first kappa shape index (κ1) is 15.6. The van der Waals surface area contributed by atoms with Gasteiger partial charge in [0.15, 0.2) is 0 Å². The minimum atomic E-state index is -3.97. The van der Waals surface area contributed by atoms with Crippen LogP contribution in [0.5, 0.6) is 0 Å². The van der Waals surface area contributed by atoms with E-state index in [-0.39, 0.29) is 10.8 Å². The summed E-state index contributed by atoms with van der Waals surface area (Å²) >= 11 is 0. The third-order valence-electron chi connectivity index (χ3n) is 2.89. The average molecular weight is 289 g/mol. The predicted molar refractivity (Wildman–Crippen MR) is 67.6 cm³/mol. The van der Waals surface area contributed by atoms with E-state index in [1.54, 1.807) is 13.8 Å². The lowest BCUT2D eigenvalue weighted by Gasteiger charge is -2.20. The van der Waals surface area contributed by atoms with Crippen molar-refractivity contribution in [3.05, 3.63) is 30.1 Å². The molecule has 0 amide bonds. The van der Waals surface area contributed by atoms with E-state index in [9.17, 15) is 17.6 Å². The molecule has 0 saturated heterocycles. The van der Waals surface area contributed by atoms with E-state index in [1.807, 2.05) is 0 Å². The number of hydrogen-bond donors (Lipinski definition) is 2. The second-order valence-electron chi connectivity index (χ2n) is 4.28. The summed E-state index contributed by atoms with van der Waals surface area (Å²) in [7, 11) is -3.97. The maximum atomic E-state index is 12.7. The molecular weight excluding hydrogens is 273 g/mol. The quantitative estimate of drug-likeness (QED) is 0.833. The normalized spacial score (nSPS) is 14.9. The van der Waals surface area contributed by atoms with Crippen molar-refractivity contribution in [2.24, 2.45) is 5.92 Å². The number of nitrogens with one attached hydrogen (secondary N) is 1. The molecule has 0 fully saturated rings. The predicted octanol–water partition coefficient (Wildman–Crippen LogP) is 1.60. The van der Waals surface area contributed by atoms with E-state index in [2.05, 4.69) is 4.72 Å². The van der Waals surface area contributed by atoms with E-state index in [0.29, 0.717) is 6.42 Å². The zero-order valence-electron chi connectivity index (χ0n) is 10.6. The van der Waals surface area contributed by atoms with Crippen molar-refractivity contribution >= 4 is 16.0 Å². The van der Waals surface area contributed by atoms with Gasteiger partial charge >= 0.3 is 5.97 Å². The summed E-state index contributed by atoms with van der Waals surface area (Å²) in [5.41, 5.74) is 0. The van der Waals surface area contributed by atoms with Crippen molar-refractivity contribution in [2.45, 2.75) is 31.2 Å².